The van der Waals surface area contributed by atoms with Crippen LogP contribution in [0.15, 0.2) is 66.9 Å². The first-order valence-electron chi connectivity index (χ1n) is 10.4. The highest BCUT2D eigenvalue weighted by molar-refractivity contribution is 5.81. The highest BCUT2D eigenvalue weighted by Crippen LogP contribution is 2.26. The number of hydrogen-bond donors (Lipinski definition) is 1. The van der Waals surface area contributed by atoms with Gasteiger partial charge in [0.1, 0.15) is 11.5 Å². The van der Waals surface area contributed by atoms with Crippen LogP contribution in [0.4, 0.5) is 11.6 Å². The number of ether oxygens (including phenoxy) is 1. The summed E-state index contributed by atoms with van der Waals surface area (Å²) in [6.07, 6.45) is 3.02. The number of aromatic nitrogens is 3. The second-order valence-electron chi connectivity index (χ2n) is 8.00. The first-order chi connectivity index (χ1) is 15.0. The second kappa shape index (κ2) is 9.00. The molecule has 0 atom stereocenters. The number of Topliss-reactive ketones (excluding diaryl/α,β-unsaturated/α-hetero) is 1. The third-order valence-corrected chi connectivity index (χ3v) is 4.98. The predicted octanol–water partition coefficient (Wildman–Crippen LogP) is 5.31. The van der Waals surface area contributed by atoms with Gasteiger partial charge in [-0.25, -0.2) is 4.52 Å². The zero-order chi connectivity index (χ0) is 21.8. The third-order valence-electron chi connectivity index (χ3n) is 4.98. The second-order valence-corrected chi connectivity index (χ2v) is 8.00. The van der Waals surface area contributed by atoms with Gasteiger partial charge in [-0.05, 0) is 41.3 Å². The molecule has 6 nitrogen and oxygen atoms in total. The van der Waals surface area contributed by atoms with Crippen LogP contribution < -0.4 is 10.1 Å². The van der Waals surface area contributed by atoms with Crippen LogP contribution in [0.1, 0.15) is 25.8 Å². The first kappa shape index (κ1) is 20.6. The molecule has 0 radical (unpaired) electrons. The lowest BCUT2D eigenvalue weighted by atomic mass is 9.98. The van der Waals surface area contributed by atoms with E-state index in [1.807, 2.05) is 60.8 Å². The van der Waals surface area contributed by atoms with Crippen LogP contribution in [0, 0.1) is 5.92 Å². The molecule has 158 valence electrons. The number of hydrogen-bond acceptors (Lipinski definition) is 5. The number of methoxy groups -OCH3 is 1. The number of para-hydroxylation sites is 2. The van der Waals surface area contributed by atoms with Gasteiger partial charge in [-0.1, -0.05) is 50.2 Å². The van der Waals surface area contributed by atoms with Crippen molar-refractivity contribution >= 4 is 23.1 Å². The van der Waals surface area contributed by atoms with Crippen molar-refractivity contribution in [1.82, 2.24) is 14.6 Å². The highest BCUT2D eigenvalue weighted by atomic mass is 16.5. The number of ketones is 1. The van der Waals surface area contributed by atoms with Crippen molar-refractivity contribution in [3.05, 3.63) is 72.4 Å². The van der Waals surface area contributed by atoms with Crippen LogP contribution in [-0.2, 0) is 11.2 Å². The van der Waals surface area contributed by atoms with E-state index in [-0.39, 0.29) is 5.78 Å². The molecule has 2 heterocycles. The van der Waals surface area contributed by atoms with Gasteiger partial charge < -0.3 is 10.1 Å². The monoisotopic (exact) mass is 414 g/mol. The van der Waals surface area contributed by atoms with Crippen LogP contribution in [0.25, 0.3) is 16.8 Å². The van der Waals surface area contributed by atoms with E-state index < -0.39 is 0 Å². The molecular weight excluding hydrogens is 388 g/mol. The fraction of sp³-hybridized carbons (Fsp3) is 0.240. The number of benzene rings is 2. The lowest BCUT2D eigenvalue weighted by Crippen LogP contribution is -2.06. The Kier molecular flexibility index (Phi) is 5.98. The molecule has 31 heavy (non-hydrogen) atoms. The normalized spacial score (nSPS) is 11.1. The maximum Gasteiger partial charge on any atom is 0.247 e. The van der Waals surface area contributed by atoms with E-state index in [0.717, 1.165) is 33.8 Å². The topological polar surface area (TPSA) is 68.5 Å². The lowest BCUT2D eigenvalue weighted by molar-refractivity contribution is -0.119. The molecule has 0 saturated heterocycles. The van der Waals surface area contributed by atoms with Gasteiger partial charge in [-0.2, -0.15) is 4.98 Å². The zero-order valence-corrected chi connectivity index (χ0v) is 18.0. The summed E-state index contributed by atoms with van der Waals surface area (Å²) in [5.41, 5.74) is 4.63. The number of carbonyl (C=O) groups is 1. The van der Waals surface area contributed by atoms with E-state index >= 15 is 0 Å². The van der Waals surface area contributed by atoms with E-state index in [9.17, 15) is 4.79 Å². The number of pyridine rings is 1. The van der Waals surface area contributed by atoms with Crippen molar-refractivity contribution in [3.8, 4) is 16.9 Å². The number of carbonyl (C=O) groups excluding carboxylic acids is 1. The number of nitrogens with zero attached hydrogens (tertiary/aromatic N) is 3. The van der Waals surface area contributed by atoms with Crippen molar-refractivity contribution in [2.45, 2.75) is 26.7 Å². The summed E-state index contributed by atoms with van der Waals surface area (Å²) in [6.45, 7) is 4.14. The molecule has 0 bridgehead atoms. The van der Waals surface area contributed by atoms with Gasteiger partial charge in [-0.3, -0.25) is 4.79 Å². The molecule has 4 aromatic rings. The average Bonchev–Trinajstić information content (AvgIpc) is 3.15. The fourth-order valence-electron chi connectivity index (χ4n) is 3.59. The molecule has 2 aromatic carbocycles. The Morgan fingerprint density at radius 2 is 1.90 bits per heavy atom. The maximum absolute atomic E-state index is 12.2. The summed E-state index contributed by atoms with van der Waals surface area (Å²) in [6, 6.07) is 19.7. The summed E-state index contributed by atoms with van der Waals surface area (Å²) in [5, 5.41) is 7.77. The Bertz CT molecular complexity index is 1210. The smallest absolute Gasteiger partial charge is 0.247 e. The molecule has 0 aliphatic rings. The summed E-state index contributed by atoms with van der Waals surface area (Å²) in [4.78, 5) is 16.7. The summed E-state index contributed by atoms with van der Waals surface area (Å²) in [7, 11) is 1.63. The quantitative estimate of drug-likeness (QED) is 0.423. The Morgan fingerprint density at radius 1 is 1.06 bits per heavy atom. The standard InChI is InChI=1S/C25H26N4O2/c1-17(2)13-21(30)15-18-7-6-8-19(14-18)20-11-12-24-27-25(28-29(24)16-20)26-22-9-4-5-10-23(22)31-3/h4-12,14,16-17H,13,15H2,1-3H3,(H,26,28). The van der Waals surface area contributed by atoms with Crippen molar-refractivity contribution in [3.63, 3.8) is 0 Å². The Morgan fingerprint density at radius 3 is 2.71 bits per heavy atom. The average molecular weight is 415 g/mol. The molecule has 0 unspecified atom stereocenters. The summed E-state index contributed by atoms with van der Waals surface area (Å²) < 4.78 is 7.13. The van der Waals surface area contributed by atoms with E-state index in [1.165, 1.54) is 0 Å². The molecule has 6 heteroatoms. The number of rotatable bonds is 8. The van der Waals surface area contributed by atoms with Crippen molar-refractivity contribution in [2.75, 3.05) is 12.4 Å². The van der Waals surface area contributed by atoms with Crippen LogP contribution in [0.5, 0.6) is 5.75 Å². The molecule has 4 rings (SSSR count). The summed E-state index contributed by atoms with van der Waals surface area (Å²) in [5.74, 6) is 1.87. The predicted molar refractivity (Wildman–Crippen MR) is 123 cm³/mol. The van der Waals surface area contributed by atoms with Crippen LogP contribution in [0.3, 0.4) is 0 Å². The van der Waals surface area contributed by atoms with Crippen LogP contribution >= 0.6 is 0 Å². The Labute approximate surface area is 181 Å². The lowest BCUT2D eigenvalue weighted by Gasteiger charge is -2.07. The van der Waals surface area contributed by atoms with Crippen LogP contribution in [-0.4, -0.2) is 27.5 Å². The SMILES string of the molecule is COc1ccccc1Nc1nc2ccc(-c3cccc(CC(=O)CC(C)C)c3)cn2n1. The molecule has 1 N–H and O–H groups in total. The van der Waals surface area contributed by atoms with Gasteiger partial charge in [0.25, 0.3) is 0 Å². The molecule has 2 aromatic heterocycles. The summed E-state index contributed by atoms with van der Waals surface area (Å²) >= 11 is 0. The van der Waals surface area contributed by atoms with Gasteiger partial charge in [0, 0.05) is 24.6 Å². The minimum absolute atomic E-state index is 0.269. The fourth-order valence-corrected chi connectivity index (χ4v) is 3.59. The van der Waals surface area contributed by atoms with Gasteiger partial charge in [0.05, 0.1) is 12.8 Å². The largest absolute Gasteiger partial charge is 0.495 e. The minimum atomic E-state index is 0.269. The van der Waals surface area contributed by atoms with E-state index in [2.05, 4.69) is 35.3 Å². The van der Waals surface area contributed by atoms with Crippen molar-refractivity contribution < 1.29 is 9.53 Å². The van der Waals surface area contributed by atoms with Gasteiger partial charge in [-0.15, -0.1) is 5.10 Å². The molecule has 0 spiro atoms. The zero-order valence-electron chi connectivity index (χ0n) is 18.0. The highest BCUT2D eigenvalue weighted by Gasteiger charge is 2.10. The molecule has 0 fully saturated rings. The molecule has 0 aliphatic heterocycles. The van der Waals surface area contributed by atoms with Crippen molar-refractivity contribution in [1.29, 1.82) is 0 Å². The number of anilines is 2. The van der Waals surface area contributed by atoms with Crippen LogP contribution in [0.2, 0.25) is 0 Å². The Hall–Kier alpha value is -3.67. The van der Waals surface area contributed by atoms with E-state index in [0.29, 0.717) is 24.7 Å². The Balaban J connectivity index is 1.57. The van der Waals surface area contributed by atoms with E-state index in [4.69, 9.17) is 4.74 Å². The third kappa shape index (κ3) is 4.91. The van der Waals surface area contributed by atoms with Gasteiger partial charge in [0.15, 0.2) is 5.65 Å². The molecule has 0 amide bonds. The molecular formula is C25H26N4O2. The van der Waals surface area contributed by atoms with Crippen molar-refractivity contribution in [2.24, 2.45) is 5.92 Å². The van der Waals surface area contributed by atoms with Gasteiger partial charge in [0.2, 0.25) is 5.95 Å². The molecule has 0 saturated carbocycles. The number of nitrogens with one attached hydrogen (secondary N) is 1. The maximum atomic E-state index is 12.2. The van der Waals surface area contributed by atoms with E-state index in [1.54, 1.807) is 11.6 Å². The minimum Gasteiger partial charge on any atom is -0.495 e. The first-order valence-corrected chi connectivity index (χ1v) is 10.4. The number of fused-ring (bicyclic) bond motifs is 1. The molecule has 0 aliphatic carbocycles. The van der Waals surface area contributed by atoms with Gasteiger partial charge >= 0.3 is 0 Å².